The molecule has 0 radical (unpaired) electrons. The van der Waals surface area contributed by atoms with E-state index in [1.165, 1.54) is 12.3 Å². The number of rotatable bonds is 1. The van der Waals surface area contributed by atoms with E-state index in [9.17, 15) is 4.79 Å². The fourth-order valence-corrected chi connectivity index (χ4v) is 0.489. The maximum atomic E-state index is 10.1. The molecule has 0 saturated carbocycles. The summed E-state index contributed by atoms with van der Waals surface area (Å²) in [7, 11) is 0. The van der Waals surface area contributed by atoms with Crippen molar-refractivity contribution in [2.45, 2.75) is 6.92 Å². The van der Waals surface area contributed by atoms with Crippen LogP contribution in [0.15, 0.2) is 24.4 Å². The van der Waals surface area contributed by atoms with Gasteiger partial charge >= 0.3 is 5.97 Å². The van der Waals surface area contributed by atoms with E-state index in [1.54, 1.807) is 12.1 Å². The third-order valence-electron chi connectivity index (χ3n) is 0.884. The van der Waals surface area contributed by atoms with E-state index in [1.807, 2.05) is 0 Å². The standard InChI is InChI=1S/C6H5NO2.C2H4O2.H2O/c8-6(9)5-3-1-2-4-7-5;1-2(3)4;/h1-4H,(H,8,9);1H3,(H,3,4);1H2. The van der Waals surface area contributed by atoms with Gasteiger partial charge in [0.15, 0.2) is 0 Å². The molecule has 0 aliphatic rings. The molecule has 6 heteroatoms. The Kier molecular flexibility index (Phi) is 8.00. The lowest BCUT2D eigenvalue weighted by Gasteiger charge is -1.87. The molecular formula is C8H11NO5. The summed E-state index contributed by atoms with van der Waals surface area (Å²) in [5.41, 5.74) is 0.0810. The van der Waals surface area contributed by atoms with Crippen molar-refractivity contribution in [2.75, 3.05) is 0 Å². The van der Waals surface area contributed by atoms with E-state index >= 15 is 0 Å². The van der Waals surface area contributed by atoms with Crippen LogP contribution in [0.4, 0.5) is 0 Å². The summed E-state index contributed by atoms with van der Waals surface area (Å²) in [4.78, 5) is 22.7. The predicted octanol–water partition coefficient (Wildman–Crippen LogP) is 0.0460. The molecule has 14 heavy (non-hydrogen) atoms. The molecule has 1 aromatic rings. The molecule has 1 rings (SSSR count). The van der Waals surface area contributed by atoms with Crippen LogP contribution in [0.2, 0.25) is 0 Å². The van der Waals surface area contributed by atoms with Crippen molar-refractivity contribution in [3.63, 3.8) is 0 Å². The Morgan fingerprint density at radius 1 is 1.29 bits per heavy atom. The van der Waals surface area contributed by atoms with Gasteiger partial charge in [-0.2, -0.15) is 0 Å². The quantitative estimate of drug-likeness (QED) is 0.665. The molecule has 0 aliphatic heterocycles. The largest absolute Gasteiger partial charge is 0.481 e. The maximum Gasteiger partial charge on any atom is 0.354 e. The van der Waals surface area contributed by atoms with Crippen molar-refractivity contribution < 1.29 is 25.3 Å². The van der Waals surface area contributed by atoms with Gasteiger partial charge < -0.3 is 15.7 Å². The molecule has 0 aromatic carbocycles. The predicted molar refractivity (Wildman–Crippen MR) is 48.1 cm³/mol. The molecular weight excluding hydrogens is 190 g/mol. The first-order chi connectivity index (χ1) is 6.04. The molecule has 0 bridgehead atoms. The lowest BCUT2D eigenvalue weighted by Crippen LogP contribution is -1.97. The minimum absolute atomic E-state index is 0. The third-order valence-corrected chi connectivity index (χ3v) is 0.884. The second-order valence-electron chi connectivity index (χ2n) is 2.04. The Morgan fingerprint density at radius 3 is 2.00 bits per heavy atom. The molecule has 1 aromatic heterocycles. The number of hydrogen-bond acceptors (Lipinski definition) is 3. The number of carboxylic acid groups (broad SMARTS) is 2. The second-order valence-corrected chi connectivity index (χ2v) is 2.04. The molecule has 0 amide bonds. The summed E-state index contributed by atoms with van der Waals surface area (Å²) >= 11 is 0. The van der Waals surface area contributed by atoms with Crippen molar-refractivity contribution in [1.29, 1.82) is 0 Å². The molecule has 0 unspecified atom stereocenters. The number of hydrogen-bond donors (Lipinski definition) is 2. The van der Waals surface area contributed by atoms with Gasteiger partial charge in [0.25, 0.3) is 5.97 Å². The van der Waals surface area contributed by atoms with Crippen molar-refractivity contribution >= 4 is 11.9 Å². The van der Waals surface area contributed by atoms with E-state index in [0.717, 1.165) is 6.92 Å². The maximum absolute atomic E-state index is 10.1. The van der Waals surface area contributed by atoms with Crippen LogP contribution in [0.25, 0.3) is 0 Å². The first-order valence-corrected chi connectivity index (χ1v) is 3.38. The van der Waals surface area contributed by atoms with E-state index in [0.29, 0.717) is 0 Å². The number of pyridine rings is 1. The molecule has 1 heterocycles. The highest BCUT2D eigenvalue weighted by Crippen LogP contribution is 1.90. The van der Waals surface area contributed by atoms with Gasteiger partial charge in [0.05, 0.1) is 0 Å². The Labute approximate surface area is 80.1 Å². The zero-order valence-corrected chi connectivity index (χ0v) is 7.47. The van der Waals surface area contributed by atoms with E-state index < -0.39 is 11.9 Å². The first kappa shape index (κ1) is 14.6. The molecule has 0 spiro atoms. The van der Waals surface area contributed by atoms with Gasteiger partial charge in [-0.05, 0) is 12.1 Å². The minimum atomic E-state index is -0.990. The highest BCUT2D eigenvalue weighted by Gasteiger charge is 1.98. The summed E-state index contributed by atoms with van der Waals surface area (Å²) in [5, 5.41) is 15.7. The fourth-order valence-electron chi connectivity index (χ4n) is 0.489. The molecule has 0 saturated heterocycles. The van der Waals surface area contributed by atoms with Gasteiger partial charge in [-0.15, -0.1) is 0 Å². The second kappa shape index (κ2) is 7.69. The van der Waals surface area contributed by atoms with Crippen LogP contribution in [0.1, 0.15) is 17.4 Å². The Bertz CT molecular complexity index is 281. The summed E-state index contributed by atoms with van der Waals surface area (Å²) in [5.74, 6) is -1.82. The van der Waals surface area contributed by atoms with Gasteiger partial charge in [-0.25, -0.2) is 9.78 Å². The number of nitrogens with zero attached hydrogens (tertiary/aromatic N) is 1. The number of aliphatic carboxylic acids is 1. The smallest absolute Gasteiger partial charge is 0.354 e. The highest BCUT2D eigenvalue weighted by atomic mass is 16.4. The SMILES string of the molecule is CC(=O)O.O.O=C(O)c1ccccn1. The average Bonchev–Trinajstić information content (AvgIpc) is 2.05. The van der Waals surface area contributed by atoms with Gasteiger partial charge in [-0.1, -0.05) is 6.07 Å². The van der Waals surface area contributed by atoms with Crippen molar-refractivity contribution in [1.82, 2.24) is 4.98 Å². The number of carboxylic acids is 2. The average molecular weight is 201 g/mol. The molecule has 6 nitrogen and oxygen atoms in total. The van der Waals surface area contributed by atoms with E-state index in [-0.39, 0.29) is 11.2 Å². The van der Waals surface area contributed by atoms with Crippen LogP contribution in [0.5, 0.6) is 0 Å². The molecule has 0 atom stereocenters. The number of aromatic carboxylic acids is 1. The van der Waals surface area contributed by atoms with Crippen molar-refractivity contribution in [3.8, 4) is 0 Å². The summed E-state index contributed by atoms with van der Waals surface area (Å²) < 4.78 is 0. The molecule has 4 N–H and O–H groups in total. The minimum Gasteiger partial charge on any atom is -0.481 e. The Hall–Kier alpha value is -1.95. The van der Waals surface area contributed by atoms with Crippen molar-refractivity contribution in [3.05, 3.63) is 30.1 Å². The van der Waals surface area contributed by atoms with Crippen LogP contribution >= 0.6 is 0 Å². The van der Waals surface area contributed by atoms with E-state index in [2.05, 4.69) is 4.98 Å². The lowest BCUT2D eigenvalue weighted by molar-refractivity contribution is -0.134. The van der Waals surface area contributed by atoms with Crippen LogP contribution in [-0.2, 0) is 4.79 Å². The van der Waals surface area contributed by atoms with Crippen LogP contribution in [0, 0.1) is 0 Å². The van der Waals surface area contributed by atoms with Crippen LogP contribution in [0.3, 0.4) is 0 Å². The topological polar surface area (TPSA) is 119 Å². The van der Waals surface area contributed by atoms with Gasteiger partial charge in [0.2, 0.25) is 0 Å². The van der Waals surface area contributed by atoms with Gasteiger partial charge in [0, 0.05) is 13.1 Å². The summed E-state index contributed by atoms with van der Waals surface area (Å²) in [6, 6.07) is 4.76. The zero-order chi connectivity index (χ0) is 10.3. The first-order valence-electron chi connectivity index (χ1n) is 3.38. The van der Waals surface area contributed by atoms with Crippen molar-refractivity contribution in [2.24, 2.45) is 0 Å². The van der Waals surface area contributed by atoms with E-state index in [4.69, 9.17) is 15.0 Å². The Morgan fingerprint density at radius 2 is 1.79 bits per heavy atom. The monoisotopic (exact) mass is 201 g/mol. The normalized spacial score (nSPS) is 7.50. The summed E-state index contributed by atoms with van der Waals surface area (Å²) in [6.45, 7) is 1.08. The van der Waals surface area contributed by atoms with Gasteiger partial charge in [0.1, 0.15) is 5.69 Å². The highest BCUT2D eigenvalue weighted by molar-refractivity contribution is 5.85. The number of carbonyl (C=O) groups is 2. The molecule has 78 valence electrons. The van der Waals surface area contributed by atoms with Crippen LogP contribution < -0.4 is 0 Å². The summed E-state index contributed by atoms with van der Waals surface area (Å²) in [6.07, 6.45) is 1.45. The molecule has 0 aliphatic carbocycles. The zero-order valence-electron chi connectivity index (χ0n) is 7.47. The van der Waals surface area contributed by atoms with Gasteiger partial charge in [-0.3, -0.25) is 4.79 Å². The third kappa shape index (κ3) is 8.15. The number of aromatic nitrogens is 1. The Balaban J connectivity index is 0. The molecule has 0 fully saturated rings. The fraction of sp³-hybridized carbons (Fsp3) is 0.125. The van der Waals surface area contributed by atoms with Crippen LogP contribution in [-0.4, -0.2) is 32.6 Å². The lowest BCUT2D eigenvalue weighted by atomic mass is 10.4.